The van der Waals surface area contributed by atoms with Crippen LogP contribution in [0.25, 0.3) is 0 Å². The molecule has 2 unspecified atom stereocenters. The minimum absolute atomic E-state index is 0.190. The molecule has 0 aliphatic carbocycles. The average molecular weight is 214 g/mol. The summed E-state index contributed by atoms with van der Waals surface area (Å²) in [6.07, 6.45) is 3.28. The highest BCUT2D eigenvalue weighted by Gasteiger charge is 2.17. The lowest BCUT2D eigenvalue weighted by Crippen LogP contribution is -2.38. The molecule has 2 atom stereocenters. The normalized spacial score (nSPS) is 24.0. The molecule has 0 aromatic heterocycles. The van der Waals surface area contributed by atoms with Gasteiger partial charge in [-0.15, -0.1) is 0 Å². The second kappa shape index (κ2) is 6.46. The molecule has 0 radical (unpaired) electrons. The summed E-state index contributed by atoms with van der Waals surface area (Å²) in [5.41, 5.74) is 0. The van der Waals surface area contributed by atoms with Gasteiger partial charge in [0, 0.05) is 6.04 Å². The molecule has 2 N–H and O–H groups in total. The standard InChI is InChI=1S/C12H26N2O/c1-10(8-11(2)15)13-9-12-4-6-14(3)7-5-12/h10-13,15H,4-9H2,1-3H3. The van der Waals surface area contributed by atoms with Crippen molar-refractivity contribution >= 4 is 0 Å². The van der Waals surface area contributed by atoms with Gasteiger partial charge in [0.1, 0.15) is 0 Å². The second-order valence-electron chi connectivity index (χ2n) is 5.14. The van der Waals surface area contributed by atoms with Crippen LogP contribution in [-0.2, 0) is 0 Å². The Morgan fingerprint density at radius 3 is 2.47 bits per heavy atom. The highest BCUT2D eigenvalue weighted by Crippen LogP contribution is 2.15. The van der Waals surface area contributed by atoms with E-state index < -0.39 is 0 Å². The molecule has 1 heterocycles. The van der Waals surface area contributed by atoms with Gasteiger partial charge in [0.15, 0.2) is 0 Å². The number of rotatable bonds is 5. The molecule has 1 fully saturated rings. The van der Waals surface area contributed by atoms with Gasteiger partial charge in [-0.3, -0.25) is 0 Å². The van der Waals surface area contributed by atoms with Crippen LogP contribution in [0.3, 0.4) is 0 Å². The zero-order chi connectivity index (χ0) is 11.3. The topological polar surface area (TPSA) is 35.5 Å². The molecule has 3 nitrogen and oxygen atoms in total. The van der Waals surface area contributed by atoms with Gasteiger partial charge in [0.05, 0.1) is 6.10 Å². The molecule has 0 spiro atoms. The molecule has 1 aliphatic rings. The third-order valence-corrected chi connectivity index (χ3v) is 3.29. The van der Waals surface area contributed by atoms with E-state index in [0.29, 0.717) is 6.04 Å². The first kappa shape index (κ1) is 12.9. The third-order valence-electron chi connectivity index (χ3n) is 3.29. The van der Waals surface area contributed by atoms with Crippen molar-refractivity contribution < 1.29 is 5.11 Å². The summed E-state index contributed by atoms with van der Waals surface area (Å²) < 4.78 is 0. The van der Waals surface area contributed by atoms with Gasteiger partial charge < -0.3 is 15.3 Å². The highest BCUT2D eigenvalue weighted by molar-refractivity contribution is 4.74. The van der Waals surface area contributed by atoms with Crippen molar-refractivity contribution in [1.82, 2.24) is 10.2 Å². The van der Waals surface area contributed by atoms with Gasteiger partial charge in [0.2, 0.25) is 0 Å². The fourth-order valence-electron chi connectivity index (χ4n) is 2.23. The molecule has 0 aromatic carbocycles. The van der Waals surface area contributed by atoms with Crippen molar-refractivity contribution in [3.8, 4) is 0 Å². The van der Waals surface area contributed by atoms with Gasteiger partial charge in [-0.2, -0.15) is 0 Å². The maximum absolute atomic E-state index is 9.25. The monoisotopic (exact) mass is 214 g/mol. The molecule has 1 aliphatic heterocycles. The number of hydrogen-bond acceptors (Lipinski definition) is 3. The molecular formula is C12H26N2O. The zero-order valence-electron chi connectivity index (χ0n) is 10.4. The summed E-state index contributed by atoms with van der Waals surface area (Å²) in [5, 5.41) is 12.8. The van der Waals surface area contributed by atoms with E-state index in [9.17, 15) is 5.11 Å². The number of nitrogens with zero attached hydrogens (tertiary/aromatic N) is 1. The lowest BCUT2D eigenvalue weighted by molar-refractivity contribution is 0.165. The molecule has 1 saturated heterocycles. The van der Waals surface area contributed by atoms with E-state index in [4.69, 9.17) is 0 Å². The fourth-order valence-corrected chi connectivity index (χ4v) is 2.23. The Hall–Kier alpha value is -0.120. The van der Waals surface area contributed by atoms with Crippen molar-refractivity contribution in [3.05, 3.63) is 0 Å². The minimum Gasteiger partial charge on any atom is -0.393 e. The molecule has 0 bridgehead atoms. The summed E-state index contributed by atoms with van der Waals surface area (Å²) in [7, 11) is 2.19. The zero-order valence-corrected chi connectivity index (χ0v) is 10.4. The summed E-state index contributed by atoms with van der Waals surface area (Å²) in [6, 6.07) is 0.435. The van der Waals surface area contributed by atoms with E-state index >= 15 is 0 Å². The van der Waals surface area contributed by atoms with Gasteiger partial charge >= 0.3 is 0 Å². The van der Waals surface area contributed by atoms with Crippen LogP contribution in [0.5, 0.6) is 0 Å². The quantitative estimate of drug-likeness (QED) is 0.719. The predicted octanol–water partition coefficient (Wildman–Crippen LogP) is 1.08. The molecular weight excluding hydrogens is 188 g/mol. The molecule has 0 aromatic rings. The average Bonchev–Trinajstić information content (AvgIpc) is 2.16. The molecule has 0 saturated carbocycles. The number of aliphatic hydroxyl groups excluding tert-OH is 1. The van der Waals surface area contributed by atoms with Crippen LogP contribution in [0, 0.1) is 5.92 Å². The predicted molar refractivity (Wildman–Crippen MR) is 64.0 cm³/mol. The van der Waals surface area contributed by atoms with Crippen molar-refractivity contribution in [2.24, 2.45) is 5.92 Å². The van der Waals surface area contributed by atoms with Crippen molar-refractivity contribution in [2.75, 3.05) is 26.7 Å². The summed E-state index contributed by atoms with van der Waals surface area (Å²) in [6.45, 7) is 7.59. The van der Waals surface area contributed by atoms with Crippen LogP contribution in [0.15, 0.2) is 0 Å². The third kappa shape index (κ3) is 5.50. The van der Waals surface area contributed by atoms with E-state index in [1.165, 1.54) is 25.9 Å². The summed E-state index contributed by atoms with van der Waals surface area (Å²) >= 11 is 0. The summed E-state index contributed by atoms with van der Waals surface area (Å²) in [5.74, 6) is 0.831. The molecule has 0 amide bonds. The summed E-state index contributed by atoms with van der Waals surface area (Å²) in [4.78, 5) is 2.40. The molecule has 1 rings (SSSR count). The van der Waals surface area contributed by atoms with Crippen molar-refractivity contribution in [1.29, 1.82) is 0 Å². The van der Waals surface area contributed by atoms with Crippen LogP contribution >= 0.6 is 0 Å². The van der Waals surface area contributed by atoms with Gasteiger partial charge in [-0.05, 0) is 65.7 Å². The number of nitrogens with one attached hydrogen (secondary N) is 1. The Labute approximate surface area is 93.9 Å². The van der Waals surface area contributed by atoms with E-state index in [1.807, 2.05) is 6.92 Å². The molecule has 15 heavy (non-hydrogen) atoms. The lowest BCUT2D eigenvalue weighted by Gasteiger charge is -2.30. The van der Waals surface area contributed by atoms with Crippen LogP contribution in [0.4, 0.5) is 0 Å². The van der Waals surface area contributed by atoms with Crippen LogP contribution in [0.1, 0.15) is 33.1 Å². The van der Waals surface area contributed by atoms with Crippen molar-refractivity contribution in [2.45, 2.75) is 45.3 Å². The van der Waals surface area contributed by atoms with E-state index in [2.05, 4.69) is 24.2 Å². The smallest absolute Gasteiger partial charge is 0.0526 e. The number of hydrogen-bond donors (Lipinski definition) is 2. The number of piperidine rings is 1. The second-order valence-corrected chi connectivity index (χ2v) is 5.14. The fraction of sp³-hybridized carbons (Fsp3) is 1.00. The Morgan fingerprint density at radius 1 is 1.33 bits per heavy atom. The van der Waals surface area contributed by atoms with Gasteiger partial charge in [0.25, 0.3) is 0 Å². The first-order valence-electron chi connectivity index (χ1n) is 6.18. The Morgan fingerprint density at radius 2 is 1.93 bits per heavy atom. The largest absolute Gasteiger partial charge is 0.393 e. The van der Waals surface area contributed by atoms with Gasteiger partial charge in [-0.25, -0.2) is 0 Å². The van der Waals surface area contributed by atoms with Crippen LogP contribution in [-0.4, -0.2) is 48.8 Å². The van der Waals surface area contributed by atoms with E-state index in [1.54, 1.807) is 0 Å². The Bertz CT molecular complexity index is 165. The Balaban J connectivity index is 2.09. The molecule has 3 heteroatoms. The van der Waals surface area contributed by atoms with Crippen LogP contribution in [0.2, 0.25) is 0 Å². The minimum atomic E-state index is -0.190. The first-order valence-corrected chi connectivity index (χ1v) is 6.18. The van der Waals surface area contributed by atoms with E-state index in [-0.39, 0.29) is 6.10 Å². The Kier molecular flexibility index (Phi) is 5.58. The lowest BCUT2D eigenvalue weighted by atomic mass is 9.96. The van der Waals surface area contributed by atoms with E-state index in [0.717, 1.165) is 18.9 Å². The maximum Gasteiger partial charge on any atom is 0.0526 e. The first-order chi connectivity index (χ1) is 7.08. The number of aliphatic hydroxyl groups is 1. The van der Waals surface area contributed by atoms with Crippen molar-refractivity contribution in [3.63, 3.8) is 0 Å². The number of likely N-dealkylation sites (tertiary alicyclic amines) is 1. The highest BCUT2D eigenvalue weighted by atomic mass is 16.3. The van der Waals surface area contributed by atoms with Gasteiger partial charge in [-0.1, -0.05) is 0 Å². The van der Waals surface area contributed by atoms with Crippen LogP contribution < -0.4 is 5.32 Å². The SMILES string of the molecule is CC(O)CC(C)NCC1CCN(C)CC1. The molecule has 90 valence electrons. The maximum atomic E-state index is 9.25.